The summed E-state index contributed by atoms with van der Waals surface area (Å²) in [7, 11) is 2.19. The van der Waals surface area contributed by atoms with Crippen molar-refractivity contribution >= 4 is 32.3 Å². The molecule has 2 aliphatic rings. The van der Waals surface area contributed by atoms with Crippen molar-refractivity contribution in [3.63, 3.8) is 0 Å². The molecule has 0 saturated heterocycles. The molecular formula is C36H38NO+. The summed E-state index contributed by atoms with van der Waals surface area (Å²) in [5.41, 5.74) is 8.00. The Morgan fingerprint density at radius 1 is 0.868 bits per heavy atom. The van der Waals surface area contributed by atoms with Gasteiger partial charge in [-0.05, 0) is 83.7 Å². The van der Waals surface area contributed by atoms with Crippen LogP contribution in [0.5, 0.6) is 11.5 Å². The molecule has 0 bridgehead atoms. The second kappa shape index (κ2) is 8.83. The van der Waals surface area contributed by atoms with Crippen LogP contribution in [0.2, 0.25) is 0 Å². The number of benzene rings is 4. The lowest BCUT2D eigenvalue weighted by Gasteiger charge is -2.27. The summed E-state index contributed by atoms with van der Waals surface area (Å²) in [5, 5.41) is 7.85. The molecule has 0 amide bonds. The molecule has 2 heteroatoms. The van der Waals surface area contributed by atoms with Crippen molar-refractivity contribution in [3.05, 3.63) is 77.0 Å². The van der Waals surface area contributed by atoms with Crippen LogP contribution in [0.15, 0.2) is 54.7 Å². The number of fused-ring (bicyclic) bond motifs is 5. The Hall–Kier alpha value is -3.39. The fourth-order valence-corrected chi connectivity index (χ4v) is 7.28. The number of aromatic nitrogens is 1. The van der Waals surface area contributed by atoms with Crippen molar-refractivity contribution in [1.82, 2.24) is 0 Å². The first-order valence-corrected chi connectivity index (χ1v) is 14.5. The highest BCUT2D eigenvalue weighted by Crippen LogP contribution is 2.52. The van der Waals surface area contributed by atoms with E-state index in [0.717, 1.165) is 17.9 Å². The highest BCUT2D eigenvalue weighted by atomic mass is 16.5. The summed E-state index contributed by atoms with van der Waals surface area (Å²) in [6, 6.07) is 18.8. The fraction of sp³-hybridized carbons (Fsp3) is 0.361. The van der Waals surface area contributed by atoms with Crippen LogP contribution in [0.3, 0.4) is 0 Å². The lowest BCUT2D eigenvalue weighted by atomic mass is 9.82. The third kappa shape index (κ3) is 3.56. The number of hydrogen-bond donors (Lipinski definition) is 0. The van der Waals surface area contributed by atoms with Crippen LogP contribution in [-0.2, 0) is 13.5 Å². The zero-order valence-corrected chi connectivity index (χ0v) is 23.4. The third-order valence-corrected chi connectivity index (χ3v) is 9.14. The van der Waals surface area contributed by atoms with Crippen LogP contribution in [-0.4, -0.2) is 0 Å². The predicted molar refractivity (Wildman–Crippen MR) is 159 cm³/mol. The molecule has 1 saturated carbocycles. The Bertz CT molecular complexity index is 1750. The number of pyridine rings is 1. The van der Waals surface area contributed by atoms with Crippen LogP contribution >= 0.6 is 0 Å². The maximum Gasteiger partial charge on any atom is 0.228 e. The van der Waals surface area contributed by atoms with Crippen molar-refractivity contribution < 1.29 is 9.30 Å². The van der Waals surface area contributed by atoms with Crippen LogP contribution in [0, 0.1) is 19.8 Å². The van der Waals surface area contributed by atoms with Gasteiger partial charge in [0.05, 0.1) is 10.9 Å². The van der Waals surface area contributed by atoms with Crippen molar-refractivity contribution in [2.75, 3.05) is 0 Å². The quantitative estimate of drug-likeness (QED) is 0.174. The summed E-state index contributed by atoms with van der Waals surface area (Å²) in [4.78, 5) is 0. The minimum Gasteiger partial charge on any atom is -0.455 e. The van der Waals surface area contributed by atoms with E-state index < -0.39 is 0 Å². The topological polar surface area (TPSA) is 13.1 Å². The van der Waals surface area contributed by atoms with Gasteiger partial charge in [-0.25, -0.2) is 4.57 Å². The van der Waals surface area contributed by atoms with Gasteiger partial charge in [-0.1, -0.05) is 75.1 Å². The molecule has 7 rings (SSSR count). The first kappa shape index (κ1) is 23.7. The molecule has 1 aliphatic heterocycles. The lowest BCUT2D eigenvalue weighted by Crippen LogP contribution is -2.32. The van der Waals surface area contributed by atoms with Gasteiger partial charge in [-0.2, -0.15) is 0 Å². The maximum absolute atomic E-state index is 7.04. The van der Waals surface area contributed by atoms with E-state index in [1.54, 1.807) is 0 Å². The Morgan fingerprint density at radius 2 is 1.66 bits per heavy atom. The predicted octanol–water partition coefficient (Wildman–Crippen LogP) is 9.61. The number of aryl methyl sites for hydroxylation is 3. The minimum absolute atomic E-state index is 0.538. The lowest BCUT2D eigenvalue weighted by molar-refractivity contribution is -0.659. The third-order valence-electron chi connectivity index (χ3n) is 9.14. The van der Waals surface area contributed by atoms with Gasteiger partial charge in [0.15, 0.2) is 6.20 Å². The van der Waals surface area contributed by atoms with E-state index in [1.807, 2.05) is 0 Å². The Balaban J connectivity index is 1.55. The van der Waals surface area contributed by atoms with Crippen molar-refractivity contribution in [1.29, 1.82) is 0 Å². The van der Waals surface area contributed by atoms with Gasteiger partial charge in [-0.15, -0.1) is 0 Å². The molecular weight excluding hydrogens is 462 g/mol. The Labute approximate surface area is 226 Å². The number of rotatable bonds is 3. The van der Waals surface area contributed by atoms with Gasteiger partial charge in [0, 0.05) is 17.0 Å². The minimum atomic E-state index is 0.538. The number of ether oxygens (including phenoxy) is 1. The molecule has 5 aromatic rings. The molecule has 0 radical (unpaired) electrons. The zero-order valence-electron chi connectivity index (χ0n) is 23.4. The molecule has 0 spiro atoms. The molecule has 192 valence electrons. The van der Waals surface area contributed by atoms with Crippen molar-refractivity contribution in [2.45, 2.75) is 72.1 Å². The number of nitrogens with zero attached hydrogens (tertiary/aromatic N) is 1. The highest BCUT2D eigenvalue weighted by molar-refractivity contribution is 6.16. The molecule has 2 heterocycles. The second-order valence-electron chi connectivity index (χ2n) is 12.3. The van der Waals surface area contributed by atoms with E-state index in [-0.39, 0.29) is 0 Å². The van der Waals surface area contributed by atoms with E-state index in [2.05, 4.69) is 94.0 Å². The van der Waals surface area contributed by atoms with Crippen LogP contribution < -0.4 is 9.30 Å². The summed E-state index contributed by atoms with van der Waals surface area (Å²) in [6.45, 7) is 9.10. The molecule has 0 atom stereocenters. The first-order chi connectivity index (χ1) is 18.4. The van der Waals surface area contributed by atoms with Gasteiger partial charge < -0.3 is 4.74 Å². The normalized spacial score (nSPS) is 15.4. The monoisotopic (exact) mass is 500 g/mol. The van der Waals surface area contributed by atoms with Gasteiger partial charge >= 0.3 is 0 Å². The summed E-state index contributed by atoms with van der Waals surface area (Å²) in [5.74, 6) is 3.30. The number of hydrogen-bond acceptors (Lipinski definition) is 1. The molecule has 4 aromatic carbocycles. The van der Waals surface area contributed by atoms with Crippen LogP contribution in [0.1, 0.15) is 74.1 Å². The molecule has 0 unspecified atom stereocenters. The van der Waals surface area contributed by atoms with Gasteiger partial charge in [0.25, 0.3) is 0 Å². The fourth-order valence-electron chi connectivity index (χ4n) is 7.28. The molecule has 2 nitrogen and oxygen atoms in total. The van der Waals surface area contributed by atoms with E-state index >= 15 is 0 Å². The second-order valence-corrected chi connectivity index (χ2v) is 12.3. The molecule has 38 heavy (non-hydrogen) atoms. The van der Waals surface area contributed by atoms with E-state index in [0.29, 0.717) is 11.8 Å². The van der Waals surface area contributed by atoms with Gasteiger partial charge in [0.2, 0.25) is 5.69 Å². The molecule has 1 aromatic heterocycles. The van der Waals surface area contributed by atoms with Crippen molar-refractivity contribution in [2.24, 2.45) is 13.0 Å². The van der Waals surface area contributed by atoms with Crippen LogP contribution in [0.25, 0.3) is 43.6 Å². The summed E-state index contributed by atoms with van der Waals surface area (Å²) >= 11 is 0. The van der Waals surface area contributed by atoms with Gasteiger partial charge in [0.1, 0.15) is 18.5 Å². The average molecular weight is 501 g/mol. The van der Waals surface area contributed by atoms with Crippen molar-refractivity contribution in [3.8, 4) is 22.8 Å². The smallest absolute Gasteiger partial charge is 0.228 e. The van der Waals surface area contributed by atoms with Gasteiger partial charge in [-0.3, -0.25) is 0 Å². The van der Waals surface area contributed by atoms with E-state index in [9.17, 15) is 0 Å². The molecule has 1 fully saturated rings. The average Bonchev–Trinajstić information content (AvgIpc) is 2.92. The highest BCUT2D eigenvalue weighted by Gasteiger charge is 2.33. The van der Waals surface area contributed by atoms with Crippen LogP contribution in [0.4, 0.5) is 0 Å². The first-order valence-electron chi connectivity index (χ1n) is 14.5. The SMILES string of the molecule is Cc1ccc2c(CC(C)C)c3c(c(C)c2c1)-c1c2c(cc4cc(C5CCCCC5)ccc4c2cc[n+]1C)O3. The summed E-state index contributed by atoms with van der Waals surface area (Å²) in [6.07, 6.45) is 9.98. The van der Waals surface area contributed by atoms with E-state index in [4.69, 9.17) is 4.74 Å². The molecule has 0 N–H and O–H groups in total. The maximum atomic E-state index is 7.04. The largest absolute Gasteiger partial charge is 0.455 e. The van der Waals surface area contributed by atoms with E-state index in [1.165, 1.54) is 97.9 Å². The summed E-state index contributed by atoms with van der Waals surface area (Å²) < 4.78 is 9.34. The Kier molecular flexibility index (Phi) is 5.51. The standard InChI is InChI=1S/C36H38NO/c1-21(2)17-31-28-13-11-22(3)18-30(28)23(4)33-35-34-29(15-16-37(35)5)27-14-12-25(24-9-7-6-8-10-24)19-26(27)20-32(34)38-36(31)33/h11-16,18-21,24H,6-10,17H2,1-5H3/q+1. The zero-order chi connectivity index (χ0) is 26.1. The Morgan fingerprint density at radius 3 is 2.45 bits per heavy atom. The molecule has 1 aliphatic carbocycles.